The number of aromatic nitrogens is 2. The molecule has 1 saturated heterocycles. The first-order valence-electron chi connectivity index (χ1n) is 12.1. The van der Waals surface area contributed by atoms with E-state index in [1.54, 1.807) is 18.6 Å². The van der Waals surface area contributed by atoms with Crippen LogP contribution in [0.3, 0.4) is 0 Å². The molecule has 6 nitrogen and oxygen atoms in total. The third-order valence-electron chi connectivity index (χ3n) is 6.44. The number of benzene rings is 2. The minimum absolute atomic E-state index is 0.00346. The van der Waals surface area contributed by atoms with E-state index in [4.69, 9.17) is 0 Å². The summed E-state index contributed by atoms with van der Waals surface area (Å²) >= 11 is 0. The fourth-order valence-corrected chi connectivity index (χ4v) is 4.46. The van der Waals surface area contributed by atoms with Crippen LogP contribution >= 0.6 is 0 Å². The lowest BCUT2D eigenvalue weighted by molar-refractivity contribution is -0.138. The Morgan fingerprint density at radius 3 is 2.37 bits per heavy atom. The second-order valence-corrected chi connectivity index (χ2v) is 9.27. The molecule has 182 valence electrons. The van der Waals surface area contributed by atoms with E-state index in [0.717, 1.165) is 11.1 Å². The van der Waals surface area contributed by atoms with Crippen molar-refractivity contribution >= 4 is 11.8 Å². The van der Waals surface area contributed by atoms with Gasteiger partial charge >= 0.3 is 0 Å². The molecule has 0 spiro atoms. The number of rotatable bonds is 8. The third-order valence-corrected chi connectivity index (χ3v) is 6.44. The van der Waals surface area contributed by atoms with Gasteiger partial charge in [0, 0.05) is 31.4 Å². The lowest BCUT2D eigenvalue weighted by Crippen LogP contribution is -2.47. The predicted octanol–water partition coefficient (Wildman–Crippen LogP) is 4.38. The van der Waals surface area contributed by atoms with Gasteiger partial charge in [-0.2, -0.15) is 0 Å². The molecule has 3 atom stereocenters. The highest BCUT2D eigenvalue weighted by Gasteiger charge is 2.40. The van der Waals surface area contributed by atoms with E-state index in [-0.39, 0.29) is 31.2 Å². The van der Waals surface area contributed by atoms with Crippen LogP contribution in [-0.4, -0.2) is 45.4 Å². The smallest absolute Gasteiger partial charge is 0.243 e. The van der Waals surface area contributed by atoms with Gasteiger partial charge in [0.1, 0.15) is 12.2 Å². The molecule has 0 saturated carbocycles. The van der Waals surface area contributed by atoms with E-state index < -0.39 is 18.3 Å². The first-order valence-corrected chi connectivity index (χ1v) is 12.1. The standard InChI is InChI=1S/C28H31FN4O2/c1-19(2)20-8-10-22(11-9-20)27(21-6-4-3-5-7-21)32-28(35)25-16-23(29)18-33(25)26(34)13-12-24-17-30-14-15-31-24/h3-11,14-15,17,19,23,25,27H,12-13,16,18H2,1-2H3,(H,32,35)/t23-,25?,27+/m1/s1. The highest BCUT2D eigenvalue weighted by Crippen LogP contribution is 2.27. The highest BCUT2D eigenvalue weighted by atomic mass is 19.1. The number of hydrogen-bond donors (Lipinski definition) is 1. The lowest BCUT2D eigenvalue weighted by Gasteiger charge is -2.27. The summed E-state index contributed by atoms with van der Waals surface area (Å²) in [7, 11) is 0. The maximum Gasteiger partial charge on any atom is 0.243 e. The zero-order valence-electron chi connectivity index (χ0n) is 20.1. The molecule has 2 heterocycles. The van der Waals surface area contributed by atoms with Crippen molar-refractivity contribution in [3.63, 3.8) is 0 Å². The lowest BCUT2D eigenvalue weighted by atomic mass is 9.95. The van der Waals surface area contributed by atoms with Crippen LogP contribution in [0.2, 0.25) is 0 Å². The zero-order valence-corrected chi connectivity index (χ0v) is 20.1. The Morgan fingerprint density at radius 2 is 1.71 bits per heavy atom. The number of carbonyl (C=O) groups excluding carboxylic acids is 2. The van der Waals surface area contributed by atoms with Crippen LogP contribution in [0, 0.1) is 0 Å². The van der Waals surface area contributed by atoms with E-state index in [0.29, 0.717) is 18.0 Å². The van der Waals surface area contributed by atoms with E-state index in [1.165, 1.54) is 10.5 Å². The number of amides is 2. The summed E-state index contributed by atoms with van der Waals surface area (Å²) in [6.07, 6.45) is 4.05. The quantitative estimate of drug-likeness (QED) is 0.526. The SMILES string of the molecule is CC(C)c1ccc([C@@H](NC(=O)C2C[C@@H](F)CN2C(=O)CCc2cnccn2)c2ccccc2)cc1. The third kappa shape index (κ3) is 6.10. The topological polar surface area (TPSA) is 75.2 Å². The van der Waals surface area contributed by atoms with Gasteiger partial charge in [-0.25, -0.2) is 4.39 Å². The van der Waals surface area contributed by atoms with Gasteiger partial charge in [-0.15, -0.1) is 0 Å². The Bertz CT molecular complexity index is 1120. The second-order valence-electron chi connectivity index (χ2n) is 9.27. The number of aryl methyl sites for hydroxylation is 1. The number of nitrogens with one attached hydrogen (secondary N) is 1. The summed E-state index contributed by atoms with van der Waals surface area (Å²) in [6, 6.07) is 16.6. The number of likely N-dealkylation sites (tertiary alicyclic amines) is 1. The molecule has 35 heavy (non-hydrogen) atoms. The molecule has 0 radical (unpaired) electrons. The maximum atomic E-state index is 14.4. The van der Waals surface area contributed by atoms with Gasteiger partial charge in [0.05, 0.1) is 18.3 Å². The fraction of sp³-hybridized carbons (Fsp3) is 0.357. The molecular weight excluding hydrogens is 443 g/mol. The number of alkyl halides is 1. The van der Waals surface area contributed by atoms with E-state index in [2.05, 4.69) is 41.3 Å². The van der Waals surface area contributed by atoms with Crippen molar-refractivity contribution in [1.82, 2.24) is 20.2 Å². The van der Waals surface area contributed by atoms with Crippen molar-refractivity contribution in [2.75, 3.05) is 6.54 Å². The highest BCUT2D eigenvalue weighted by molar-refractivity contribution is 5.89. The minimum atomic E-state index is -1.23. The molecule has 4 rings (SSSR count). The molecule has 7 heteroatoms. The van der Waals surface area contributed by atoms with Gasteiger partial charge in [0.25, 0.3) is 0 Å². The van der Waals surface area contributed by atoms with Crippen molar-refractivity contribution < 1.29 is 14.0 Å². The van der Waals surface area contributed by atoms with Crippen LogP contribution in [-0.2, 0) is 16.0 Å². The predicted molar refractivity (Wildman–Crippen MR) is 132 cm³/mol. The summed E-state index contributed by atoms with van der Waals surface area (Å²) in [5.74, 6) is -0.205. The molecule has 1 unspecified atom stereocenters. The summed E-state index contributed by atoms with van der Waals surface area (Å²) < 4.78 is 14.4. The molecule has 0 bridgehead atoms. The average molecular weight is 475 g/mol. The molecule has 2 aromatic carbocycles. The van der Waals surface area contributed by atoms with Crippen molar-refractivity contribution in [1.29, 1.82) is 0 Å². The summed E-state index contributed by atoms with van der Waals surface area (Å²) in [6.45, 7) is 4.19. The fourth-order valence-electron chi connectivity index (χ4n) is 4.46. The van der Waals surface area contributed by atoms with Crippen LogP contribution in [0.4, 0.5) is 4.39 Å². The van der Waals surface area contributed by atoms with Gasteiger partial charge < -0.3 is 10.2 Å². The van der Waals surface area contributed by atoms with E-state index in [1.807, 2.05) is 42.5 Å². The average Bonchev–Trinajstić information content (AvgIpc) is 3.29. The van der Waals surface area contributed by atoms with Crippen LogP contribution < -0.4 is 5.32 Å². The van der Waals surface area contributed by atoms with Gasteiger partial charge in [0.15, 0.2) is 0 Å². The summed E-state index contributed by atoms with van der Waals surface area (Å²) in [4.78, 5) is 35.9. The molecule has 0 aliphatic carbocycles. The van der Waals surface area contributed by atoms with Gasteiger partial charge in [-0.1, -0.05) is 68.4 Å². The zero-order chi connectivity index (χ0) is 24.8. The number of carbonyl (C=O) groups is 2. The van der Waals surface area contributed by atoms with Crippen molar-refractivity contribution in [2.45, 2.75) is 57.3 Å². The van der Waals surface area contributed by atoms with Crippen LogP contribution in [0.15, 0.2) is 73.2 Å². The van der Waals surface area contributed by atoms with E-state index >= 15 is 0 Å². The Balaban J connectivity index is 1.51. The molecule has 3 aromatic rings. The molecule has 2 amide bonds. The van der Waals surface area contributed by atoms with Crippen LogP contribution in [0.5, 0.6) is 0 Å². The van der Waals surface area contributed by atoms with Crippen molar-refractivity contribution in [3.05, 3.63) is 95.6 Å². The molecule has 1 N–H and O–H groups in total. The van der Waals surface area contributed by atoms with Crippen molar-refractivity contribution in [2.24, 2.45) is 0 Å². The van der Waals surface area contributed by atoms with Gasteiger partial charge in [0.2, 0.25) is 11.8 Å². The molecule has 1 aromatic heterocycles. The second kappa shape index (κ2) is 11.2. The number of halogens is 1. The maximum absolute atomic E-state index is 14.4. The monoisotopic (exact) mass is 474 g/mol. The summed E-state index contributed by atoms with van der Waals surface area (Å²) in [5, 5.41) is 3.10. The van der Waals surface area contributed by atoms with Gasteiger partial charge in [-0.3, -0.25) is 19.6 Å². The van der Waals surface area contributed by atoms with Crippen LogP contribution in [0.25, 0.3) is 0 Å². The van der Waals surface area contributed by atoms with E-state index in [9.17, 15) is 14.0 Å². The van der Waals surface area contributed by atoms with Crippen molar-refractivity contribution in [3.8, 4) is 0 Å². The molecule has 1 fully saturated rings. The number of hydrogen-bond acceptors (Lipinski definition) is 4. The Kier molecular flexibility index (Phi) is 7.85. The Morgan fingerprint density at radius 1 is 1.03 bits per heavy atom. The molecular formula is C28H31FN4O2. The van der Waals surface area contributed by atoms with Gasteiger partial charge in [-0.05, 0) is 29.0 Å². The largest absolute Gasteiger partial charge is 0.343 e. The number of nitrogens with zero attached hydrogens (tertiary/aromatic N) is 3. The summed E-state index contributed by atoms with van der Waals surface area (Å²) in [5.41, 5.74) is 3.76. The first kappa shape index (κ1) is 24.5. The first-order chi connectivity index (χ1) is 16.9. The Hall–Kier alpha value is -3.61. The Labute approximate surface area is 205 Å². The minimum Gasteiger partial charge on any atom is -0.343 e. The molecule has 1 aliphatic heterocycles. The molecule has 1 aliphatic rings. The van der Waals surface area contributed by atoms with Crippen LogP contribution in [0.1, 0.15) is 61.0 Å². The normalized spacial score (nSPS) is 18.5.